The Hall–Kier alpha value is -2.89. The van der Waals surface area contributed by atoms with Crippen molar-refractivity contribution in [1.29, 1.82) is 0 Å². The van der Waals surface area contributed by atoms with Gasteiger partial charge in [-0.05, 0) is 67.8 Å². The molecule has 0 aromatic heterocycles. The SMILES string of the molecule is Cc1cc(NC(=O)COc2ccc(F)cc2)ccc1N1CCCCC1=O. The van der Waals surface area contributed by atoms with Crippen molar-refractivity contribution in [3.05, 3.63) is 53.8 Å². The lowest BCUT2D eigenvalue weighted by Gasteiger charge is -2.28. The Morgan fingerprint density at radius 1 is 1.19 bits per heavy atom. The summed E-state index contributed by atoms with van der Waals surface area (Å²) >= 11 is 0. The van der Waals surface area contributed by atoms with Gasteiger partial charge in [-0.3, -0.25) is 9.59 Å². The molecule has 1 saturated heterocycles. The van der Waals surface area contributed by atoms with Gasteiger partial charge in [0.05, 0.1) is 0 Å². The maximum absolute atomic E-state index is 12.8. The highest BCUT2D eigenvalue weighted by Crippen LogP contribution is 2.27. The summed E-state index contributed by atoms with van der Waals surface area (Å²) in [6.45, 7) is 2.48. The minimum atomic E-state index is -0.357. The molecule has 2 aromatic carbocycles. The molecule has 26 heavy (non-hydrogen) atoms. The molecule has 0 atom stereocenters. The number of hydrogen-bond acceptors (Lipinski definition) is 3. The second-order valence-corrected chi connectivity index (χ2v) is 6.29. The minimum absolute atomic E-state index is 0.142. The Kier molecular flexibility index (Phi) is 5.51. The first-order chi connectivity index (χ1) is 12.5. The number of benzene rings is 2. The standard InChI is InChI=1S/C20H21FN2O3/c1-14-12-16(7-10-18(14)23-11-3-2-4-20(23)25)22-19(24)13-26-17-8-5-15(21)6-9-17/h5-10,12H,2-4,11,13H2,1H3,(H,22,24). The zero-order valence-electron chi connectivity index (χ0n) is 14.6. The summed E-state index contributed by atoms with van der Waals surface area (Å²) in [5.41, 5.74) is 2.45. The summed E-state index contributed by atoms with van der Waals surface area (Å²) in [6, 6.07) is 11.0. The number of carbonyl (C=O) groups excluding carboxylic acids is 2. The van der Waals surface area contributed by atoms with Crippen LogP contribution in [0.15, 0.2) is 42.5 Å². The van der Waals surface area contributed by atoms with Gasteiger partial charge in [0.2, 0.25) is 5.91 Å². The Morgan fingerprint density at radius 2 is 1.96 bits per heavy atom. The number of halogens is 1. The van der Waals surface area contributed by atoms with Crippen LogP contribution in [0.3, 0.4) is 0 Å². The van der Waals surface area contributed by atoms with Gasteiger partial charge in [-0.2, -0.15) is 0 Å². The number of piperidine rings is 1. The molecule has 1 heterocycles. The van der Waals surface area contributed by atoms with Gasteiger partial charge >= 0.3 is 0 Å². The van der Waals surface area contributed by atoms with Gasteiger partial charge in [0, 0.05) is 24.3 Å². The lowest BCUT2D eigenvalue weighted by molar-refractivity contribution is -0.119. The van der Waals surface area contributed by atoms with E-state index < -0.39 is 0 Å². The Morgan fingerprint density at radius 3 is 2.65 bits per heavy atom. The van der Waals surface area contributed by atoms with Crippen molar-refractivity contribution in [3.8, 4) is 5.75 Å². The molecule has 1 aliphatic heterocycles. The van der Waals surface area contributed by atoms with Crippen LogP contribution < -0.4 is 15.0 Å². The van der Waals surface area contributed by atoms with Crippen LogP contribution in [-0.2, 0) is 9.59 Å². The fraction of sp³-hybridized carbons (Fsp3) is 0.300. The third-order valence-corrected chi connectivity index (χ3v) is 4.28. The third-order valence-electron chi connectivity index (χ3n) is 4.28. The van der Waals surface area contributed by atoms with E-state index in [0.29, 0.717) is 17.9 Å². The lowest BCUT2D eigenvalue weighted by Crippen LogP contribution is -2.35. The smallest absolute Gasteiger partial charge is 0.262 e. The van der Waals surface area contributed by atoms with Gasteiger partial charge in [0.15, 0.2) is 6.61 Å². The van der Waals surface area contributed by atoms with Crippen LogP contribution in [0.25, 0.3) is 0 Å². The number of nitrogens with one attached hydrogen (secondary N) is 1. The number of rotatable bonds is 5. The molecule has 5 nitrogen and oxygen atoms in total. The number of amides is 2. The van der Waals surface area contributed by atoms with Gasteiger partial charge in [0.1, 0.15) is 11.6 Å². The number of ether oxygens (including phenoxy) is 1. The van der Waals surface area contributed by atoms with Crippen LogP contribution in [-0.4, -0.2) is 25.0 Å². The van der Waals surface area contributed by atoms with Crippen molar-refractivity contribution >= 4 is 23.2 Å². The molecule has 1 N–H and O–H groups in total. The van der Waals surface area contributed by atoms with Gasteiger partial charge in [-0.1, -0.05) is 0 Å². The maximum atomic E-state index is 12.8. The third kappa shape index (κ3) is 4.39. The quantitative estimate of drug-likeness (QED) is 0.889. The van der Waals surface area contributed by atoms with E-state index in [-0.39, 0.29) is 24.2 Å². The van der Waals surface area contributed by atoms with Gasteiger partial charge in [0.25, 0.3) is 5.91 Å². The zero-order chi connectivity index (χ0) is 18.5. The van der Waals surface area contributed by atoms with Crippen molar-refractivity contribution in [1.82, 2.24) is 0 Å². The van der Waals surface area contributed by atoms with Gasteiger partial charge in [-0.15, -0.1) is 0 Å². The van der Waals surface area contributed by atoms with Crippen LogP contribution in [0.2, 0.25) is 0 Å². The lowest BCUT2D eigenvalue weighted by atomic mass is 10.1. The van der Waals surface area contributed by atoms with E-state index in [1.807, 2.05) is 24.0 Å². The van der Waals surface area contributed by atoms with Crippen LogP contribution in [0, 0.1) is 12.7 Å². The Labute approximate surface area is 151 Å². The number of carbonyl (C=O) groups is 2. The van der Waals surface area contributed by atoms with Crippen molar-refractivity contribution in [3.63, 3.8) is 0 Å². The summed E-state index contributed by atoms with van der Waals surface area (Å²) in [5, 5.41) is 2.76. The second-order valence-electron chi connectivity index (χ2n) is 6.29. The van der Waals surface area contributed by atoms with E-state index in [1.54, 1.807) is 6.07 Å². The van der Waals surface area contributed by atoms with E-state index in [9.17, 15) is 14.0 Å². The predicted molar refractivity (Wildman–Crippen MR) is 97.9 cm³/mol. The average Bonchev–Trinajstić information content (AvgIpc) is 2.62. The first-order valence-corrected chi connectivity index (χ1v) is 8.62. The van der Waals surface area contributed by atoms with Crippen molar-refractivity contribution in [2.24, 2.45) is 0 Å². The molecule has 3 rings (SSSR count). The van der Waals surface area contributed by atoms with Crippen molar-refractivity contribution < 1.29 is 18.7 Å². The molecule has 1 fully saturated rings. The first kappa shape index (κ1) is 17.9. The second kappa shape index (κ2) is 7.99. The molecule has 0 saturated carbocycles. The average molecular weight is 356 g/mol. The highest BCUT2D eigenvalue weighted by Gasteiger charge is 2.21. The molecule has 1 aliphatic rings. The Balaban J connectivity index is 1.59. The molecule has 6 heteroatoms. The summed E-state index contributed by atoms with van der Waals surface area (Å²) in [4.78, 5) is 25.9. The largest absolute Gasteiger partial charge is 0.484 e. The van der Waals surface area contributed by atoms with Crippen LogP contribution in [0.5, 0.6) is 5.75 Å². The number of aryl methyl sites for hydroxylation is 1. The fourth-order valence-corrected chi connectivity index (χ4v) is 2.97. The number of anilines is 2. The highest BCUT2D eigenvalue weighted by molar-refractivity contribution is 5.96. The minimum Gasteiger partial charge on any atom is -0.484 e. The summed E-state index contributed by atoms with van der Waals surface area (Å²) in [7, 11) is 0. The maximum Gasteiger partial charge on any atom is 0.262 e. The monoisotopic (exact) mass is 356 g/mol. The summed E-state index contributed by atoms with van der Waals surface area (Å²) in [6.07, 6.45) is 2.53. The van der Waals surface area contributed by atoms with Crippen LogP contribution in [0.1, 0.15) is 24.8 Å². The molecule has 2 amide bonds. The number of hydrogen-bond donors (Lipinski definition) is 1. The normalized spacial score (nSPS) is 14.2. The molecule has 0 spiro atoms. The van der Waals surface area contributed by atoms with Gasteiger partial charge < -0.3 is 15.0 Å². The zero-order valence-corrected chi connectivity index (χ0v) is 14.6. The van der Waals surface area contributed by atoms with E-state index in [1.165, 1.54) is 24.3 Å². The number of nitrogens with zero attached hydrogens (tertiary/aromatic N) is 1. The topological polar surface area (TPSA) is 58.6 Å². The highest BCUT2D eigenvalue weighted by atomic mass is 19.1. The van der Waals surface area contributed by atoms with E-state index in [2.05, 4.69) is 5.32 Å². The van der Waals surface area contributed by atoms with Gasteiger partial charge in [-0.25, -0.2) is 4.39 Å². The molecule has 0 aliphatic carbocycles. The molecule has 0 bridgehead atoms. The molecule has 136 valence electrons. The van der Waals surface area contributed by atoms with Crippen molar-refractivity contribution in [2.75, 3.05) is 23.4 Å². The molecule has 2 aromatic rings. The molecule has 0 radical (unpaired) electrons. The van der Waals surface area contributed by atoms with E-state index in [4.69, 9.17) is 4.74 Å². The Bertz CT molecular complexity index is 805. The summed E-state index contributed by atoms with van der Waals surface area (Å²) < 4.78 is 18.2. The molecular formula is C20H21FN2O3. The van der Waals surface area contributed by atoms with E-state index in [0.717, 1.165) is 30.6 Å². The van der Waals surface area contributed by atoms with Crippen LogP contribution >= 0.6 is 0 Å². The van der Waals surface area contributed by atoms with Crippen LogP contribution in [0.4, 0.5) is 15.8 Å². The predicted octanol–water partition coefficient (Wildman–Crippen LogP) is 3.67. The van der Waals surface area contributed by atoms with E-state index >= 15 is 0 Å². The van der Waals surface area contributed by atoms with Crippen molar-refractivity contribution in [2.45, 2.75) is 26.2 Å². The summed E-state index contributed by atoms with van der Waals surface area (Å²) in [5.74, 6) is -0.0967. The fourth-order valence-electron chi connectivity index (χ4n) is 2.97. The first-order valence-electron chi connectivity index (χ1n) is 8.62. The molecule has 0 unspecified atom stereocenters. The molecular weight excluding hydrogens is 335 g/mol.